The summed E-state index contributed by atoms with van der Waals surface area (Å²) in [5.41, 5.74) is -0.995. The van der Waals surface area contributed by atoms with E-state index >= 15 is 0 Å². The first-order valence-electron chi connectivity index (χ1n) is 9.12. The molecule has 0 unspecified atom stereocenters. The van der Waals surface area contributed by atoms with Gasteiger partial charge in [-0.3, -0.25) is 14.6 Å². The van der Waals surface area contributed by atoms with E-state index in [4.69, 9.17) is 0 Å². The van der Waals surface area contributed by atoms with Crippen LogP contribution in [0.25, 0.3) is 5.69 Å². The number of alkyl halides is 3. The van der Waals surface area contributed by atoms with E-state index in [0.29, 0.717) is 11.4 Å². The molecule has 0 atom stereocenters. The summed E-state index contributed by atoms with van der Waals surface area (Å²) in [7, 11) is 0. The first-order chi connectivity index (χ1) is 14.1. The number of anilines is 1. The maximum absolute atomic E-state index is 13.2. The van der Waals surface area contributed by atoms with Crippen LogP contribution >= 0.6 is 0 Å². The molecule has 0 N–H and O–H groups in total. The number of pyridine rings is 1. The zero-order valence-electron chi connectivity index (χ0n) is 16.5. The maximum Gasteiger partial charge on any atom is 0.416 e. The molecule has 156 valence electrons. The van der Waals surface area contributed by atoms with Gasteiger partial charge in [0.05, 0.1) is 23.1 Å². The maximum atomic E-state index is 13.2. The molecule has 30 heavy (non-hydrogen) atoms. The molecule has 2 aromatic heterocycles. The summed E-state index contributed by atoms with van der Waals surface area (Å²) in [6, 6.07) is 8.72. The third kappa shape index (κ3) is 4.24. The number of benzene rings is 1. The van der Waals surface area contributed by atoms with Crippen LogP contribution < -0.4 is 10.3 Å². The minimum Gasteiger partial charge on any atom is -0.303 e. The first-order valence-corrected chi connectivity index (χ1v) is 9.12. The Kier molecular flexibility index (Phi) is 5.73. The lowest BCUT2D eigenvalue weighted by Crippen LogP contribution is -2.40. The Labute approximate surface area is 170 Å². The Morgan fingerprint density at radius 3 is 2.47 bits per heavy atom. The average molecular weight is 416 g/mol. The lowest BCUT2D eigenvalue weighted by atomic mass is 10.2. The standard InChI is InChI=1S/C21H19F3N4O2/c1-13(2)27(17-8-5-9-25-12-17)20(30)19-18(29)10-14(3)28(26-19)16-7-4-6-15(11-16)21(22,23)24/h4-13H,1-3H3. The van der Waals surface area contributed by atoms with Crippen molar-refractivity contribution in [1.82, 2.24) is 14.8 Å². The van der Waals surface area contributed by atoms with Crippen molar-refractivity contribution in [2.45, 2.75) is 33.0 Å². The van der Waals surface area contributed by atoms with Crippen molar-refractivity contribution in [2.24, 2.45) is 0 Å². The number of carbonyl (C=O) groups excluding carboxylic acids is 1. The van der Waals surface area contributed by atoms with E-state index in [1.165, 1.54) is 36.2 Å². The van der Waals surface area contributed by atoms with Crippen molar-refractivity contribution in [1.29, 1.82) is 0 Å². The number of amides is 1. The molecule has 3 rings (SSSR count). The second kappa shape index (κ2) is 8.10. The summed E-state index contributed by atoms with van der Waals surface area (Å²) in [6.07, 6.45) is -1.50. The fourth-order valence-corrected chi connectivity index (χ4v) is 3.03. The Morgan fingerprint density at radius 1 is 1.13 bits per heavy atom. The van der Waals surface area contributed by atoms with E-state index in [0.717, 1.165) is 16.8 Å². The van der Waals surface area contributed by atoms with Gasteiger partial charge in [-0.2, -0.15) is 18.3 Å². The molecule has 0 saturated heterocycles. The zero-order valence-corrected chi connectivity index (χ0v) is 16.5. The van der Waals surface area contributed by atoms with Gasteiger partial charge in [0.2, 0.25) is 5.43 Å². The van der Waals surface area contributed by atoms with Crippen molar-refractivity contribution in [3.05, 3.63) is 82.0 Å². The number of hydrogen-bond donors (Lipinski definition) is 0. The molecule has 1 amide bonds. The van der Waals surface area contributed by atoms with Crippen molar-refractivity contribution in [2.75, 3.05) is 4.90 Å². The van der Waals surface area contributed by atoms with Crippen molar-refractivity contribution in [3.63, 3.8) is 0 Å². The predicted octanol–water partition coefficient (Wildman–Crippen LogP) is 4.01. The monoisotopic (exact) mass is 416 g/mol. The molecule has 9 heteroatoms. The Morgan fingerprint density at radius 2 is 1.87 bits per heavy atom. The van der Waals surface area contributed by atoms with Crippen LogP contribution in [-0.4, -0.2) is 26.7 Å². The minimum absolute atomic E-state index is 0.0915. The number of carbonyl (C=O) groups is 1. The van der Waals surface area contributed by atoms with Crippen molar-refractivity contribution in [3.8, 4) is 5.69 Å². The number of halogens is 3. The highest BCUT2D eigenvalue weighted by atomic mass is 19.4. The van der Waals surface area contributed by atoms with Crippen LogP contribution in [0.3, 0.4) is 0 Å². The molecule has 6 nitrogen and oxygen atoms in total. The number of hydrogen-bond acceptors (Lipinski definition) is 4. The second-order valence-electron chi connectivity index (χ2n) is 6.94. The van der Waals surface area contributed by atoms with Gasteiger partial charge in [0.25, 0.3) is 5.91 Å². The molecule has 0 bridgehead atoms. The normalized spacial score (nSPS) is 11.6. The summed E-state index contributed by atoms with van der Waals surface area (Å²) < 4.78 is 40.4. The van der Waals surface area contributed by atoms with Gasteiger partial charge in [-0.15, -0.1) is 0 Å². The lowest BCUT2D eigenvalue weighted by molar-refractivity contribution is -0.137. The van der Waals surface area contributed by atoms with Gasteiger partial charge in [-0.1, -0.05) is 6.07 Å². The molecule has 1 aromatic carbocycles. The molecule has 3 aromatic rings. The van der Waals surface area contributed by atoms with Crippen LogP contribution in [0.2, 0.25) is 0 Å². The largest absolute Gasteiger partial charge is 0.416 e. The van der Waals surface area contributed by atoms with Crippen molar-refractivity contribution >= 4 is 11.6 Å². The van der Waals surface area contributed by atoms with Gasteiger partial charge in [0.15, 0.2) is 5.69 Å². The number of nitrogens with zero attached hydrogens (tertiary/aromatic N) is 4. The number of aromatic nitrogens is 3. The van der Waals surface area contributed by atoms with Gasteiger partial charge >= 0.3 is 6.18 Å². The molecular weight excluding hydrogens is 397 g/mol. The Bertz CT molecular complexity index is 1130. The van der Waals surface area contributed by atoms with E-state index in [1.807, 2.05) is 0 Å². The molecule has 0 aliphatic carbocycles. The summed E-state index contributed by atoms with van der Waals surface area (Å²) in [5, 5.41) is 4.12. The first kappa shape index (κ1) is 21.2. The van der Waals surface area contributed by atoms with Gasteiger partial charge in [0, 0.05) is 24.0 Å². The van der Waals surface area contributed by atoms with Crippen LogP contribution in [0.15, 0.2) is 59.7 Å². The molecule has 0 aliphatic rings. The van der Waals surface area contributed by atoms with E-state index in [9.17, 15) is 22.8 Å². The summed E-state index contributed by atoms with van der Waals surface area (Å²) in [6.45, 7) is 5.07. The SMILES string of the molecule is Cc1cc(=O)c(C(=O)N(c2cccnc2)C(C)C)nn1-c1cccc(C(F)(F)F)c1. The summed E-state index contributed by atoms with van der Waals surface area (Å²) in [5.74, 6) is -0.663. The average Bonchev–Trinajstić information content (AvgIpc) is 2.68. The molecule has 0 radical (unpaired) electrons. The molecule has 2 heterocycles. The Hall–Kier alpha value is -3.49. The summed E-state index contributed by atoms with van der Waals surface area (Å²) in [4.78, 5) is 31.1. The molecule has 0 saturated carbocycles. The fraction of sp³-hybridized carbons (Fsp3) is 0.238. The summed E-state index contributed by atoms with van der Waals surface area (Å²) >= 11 is 0. The predicted molar refractivity (Wildman–Crippen MR) is 106 cm³/mol. The van der Waals surface area contributed by atoms with Gasteiger partial charge in [-0.25, -0.2) is 4.68 Å². The zero-order chi connectivity index (χ0) is 22.1. The Balaban J connectivity index is 2.12. The number of rotatable bonds is 4. The molecule has 0 aliphatic heterocycles. The number of aryl methyl sites for hydroxylation is 1. The molecule has 0 fully saturated rings. The fourth-order valence-electron chi connectivity index (χ4n) is 3.03. The lowest BCUT2D eigenvalue weighted by Gasteiger charge is -2.26. The topological polar surface area (TPSA) is 68.1 Å². The van der Waals surface area contributed by atoms with E-state index < -0.39 is 28.8 Å². The third-order valence-electron chi connectivity index (χ3n) is 4.39. The van der Waals surface area contributed by atoms with Gasteiger partial charge in [-0.05, 0) is 51.1 Å². The molecular formula is C21H19F3N4O2. The van der Waals surface area contributed by atoms with Gasteiger partial charge < -0.3 is 4.90 Å². The third-order valence-corrected chi connectivity index (χ3v) is 4.39. The quantitative estimate of drug-likeness (QED) is 0.645. The second-order valence-corrected chi connectivity index (χ2v) is 6.94. The minimum atomic E-state index is -4.53. The van der Waals surface area contributed by atoms with Crippen LogP contribution in [-0.2, 0) is 6.18 Å². The van der Waals surface area contributed by atoms with E-state index in [-0.39, 0.29) is 11.7 Å². The van der Waals surface area contributed by atoms with Crippen LogP contribution in [0.5, 0.6) is 0 Å². The highest BCUT2D eigenvalue weighted by Gasteiger charge is 2.31. The van der Waals surface area contributed by atoms with Gasteiger partial charge in [0.1, 0.15) is 0 Å². The van der Waals surface area contributed by atoms with Crippen LogP contribution in [0, 0.1) is 6.92 Å². The van der Waals surface area contributed by atoms with Crippen LogP contribution in [0.1, 0.15) is 35.6 Å². The van der Waals surface area contributed by atoms with Crippen molar-refractivity contribution < 1.29 is 18.0 Å². The van der Waals surface area contributed by atoms with Crippen LogP contribution in [0.4, 0.5) is 18.9 Å². The van der Waals surface area contributed by atoms with E-state index in [2.05, 4.69) is 10.1 Å². The smallest absolute Gasteiger partial charge is 0.303 e. The van der Waals surface area contributed by atoms with E-state index in [1.54, 1.807) is 32.2 Å². The highest BCUT2D eigenvalue weighted by Crippen LogP contribution is 2.30. The highest BCUT2D eigenvalue weighted by molar-refractivity contribution is 6.04. The molecule has 0 spiro atoms.